The fourth-order valence-electron chi connectivity index (χ4n) is 2.52. The minimum Gasteiger partial charge on any atom is -0.353 e. The Kier molecular flexibility index (Phi) is 5.22. The predicted octanol–water partition coefficient (Wildman–Crippen LogP) is 5.18. The van der Waals surface area contributed by atoms with E-state index in [1.807, 2.05) is 35.5 Å². The lowest BCUT2D eigenvalue weighted by atomic mass is 10.3. The summed E-state index contributed by atoms with van der Waals surface area (Å²) in [6.07, 6.45) is 0.487. The summed E-state index contributed by atoms with van der Waals surface area (Å²) in [5.41, 5.74) is 3.09. The molecule has 24 heavy (non-hydrogen) atoms. The number of fused-ring (bicyclic) bond motifs is 1. The first kappa shape index (κ1) is 18.1. The third-order valence-electron chi connectivity index (χ3n) is 3.59. The molecule has 1 aromatic carbocycles. The molecule has 0 radical (unpaired) electrons. The summed E-state index contributed by atoms with van der Waals surface area (Å²) in [6, 6.07) is 9.37. The van der Waals surface area contributed by atoms with Crippen LogP contribution in [0.1, 0.15) is 5.82 Å². The molecular weight excluding hydrogens is 476 g/mol. The van der Waals surface area contributed by atoms with Crippen molar-refractivity contribution in [3.63, 3.8) is 0 Å². The summed E-state index contributed by atoms with van der Waals surface area (Å²) < 4.78 is 14.6. The zero-order valence-corrected chi connectivity index (χ0v) is 18.1. The molecule has 5 nitrogen and oxygen atoms in total. The maximum atomic E-state index is 12.6. The Hall–Kier alpha value is -0.680. The number of aryl methyl sites for hydroxylation is 1. The summed E-state index contributed by atoms with van der Waals surface area (Å²) in [7, 11) is -2.41. The van der Waals surface area contributed by atoms with Gasteiger partial charge in [-0.15, -0.1) is 0 Å². The molecular formula is C15H16ClIN4OP2. The number of anilines is 2. The van der Waals surface area contributed by atoms with Crippen LogP contribution in [0.15, 0.2) is 30.3 Å². The first-order chi connectivity index (χ1) is 11.3. The summed E-state index contributed by atoms with van der Waals surface area (Å²) in [4.78, 5) is 9.04. The van der Waals surface area contributed by atoms with Gasteiger partial charge in [-0.05, 0) is 54.4 Å². The number of imidazole rings is 1. The van der Waals surface area contributed by atoms with Gasteiger partial charge < -0.3 is 9.88 Å². The Labute approximate surface area is 160 Å². The molecule has 1 N–H and O–H groups in total. The number of para-hydroxylation sites is 1. The number of nitrogens with one attached hydrogen (secondary N) is 1. The van der Waals surface area contributed by atoms with Crippen molar-refractivity contribution in [2.24, 2.45) is 0 Å². The van der Waals surface area contributed by atoms with Gasteiger partial charge in [0, 0.05) is 17.1 Å². The van der Waals surface area contributed by atoms with E-state index in [1.54, 1.807) is 19.4 Å². The Morgan fingerprint density at radius 2 is 1.96 bits per heavy atom. The Morgan fingerprint density at radius 1 is 1.25 bits per heavy atom. The summed E-state index contributed by atoms with van der Waals surface area (Å²) in [5, 5.41) is 4.56. The smallest absolute Gasteiger partial charge is 0.167 e. The lowest BCUT2D eigenvalue weighted by Crippen LogP contribution is -2.09. The van der Waals surface area contributed by atoms with E-state index in [2.05, 4.69) is 37.3 Å². The van der Waals surface area contributed by atoms with Gasteiger partial charge in [-0.3, -0.25) is 4.34 Å². The van der Waals surface area contributed by atoms with E-state index in [0.717, 1.165) is 33.7 Å². The van der Waals surface area contributed by atoms with Crippen LogP contribution in [0.25, 0.3) is 11.2 Å². The first-order valence-corrected chi connectivity index (χ1v) is 14.2. The van der Waals surface area contributed by atoms with Gasteiger partial charge >= 0.3 is 0 Å². The molecule has 0 saturated heterocycles. The highest BCUT2D eigenvalue weighted by atomic mass is 127. The second kappa shape index (κ2) is 6.91. The number of aromatic nitrogens is 3. The normalized spacial score (nSPS) is 12.4. The van der Waals surface area contributed by atoms with Gasteiger partial charge in [-0.1, -0.05) is 23.7 Å². The lowest BCUT2D eigenvalue weighted by molar-refractivity contribution is 0.588. The van der Waals surface area contributed by atoms with Gasteiger partial charge in [-0.25, -0.2) is 9.97 Å². The number of benzene rings is 1. The molecule has 2 aromatic heterocycles. The molecule has 3 aromatic rings. The van der Waals surface area contributed by atoms with Crippen molar-refractivity contribution in [1.82, 2.24) is 14.3 Å². The second-order valence-corrected chi connectivity index (χ2v) is 11.4. The third kappa shape index (κ3) is 3.48. The molecule has 1 unspecified atom stereocenters. The minimum atomic E-state index is -2.41. The van der Waals surface area contributed by atoms with Gasteiger partial charge in [0.1, 0.15) is 23.6 Å². The number of halogens is 2. The lowest BCUT2D eigenvalue weighted by Gasteiger charge is -2.15. The van der Waals surface area contributed by atoms with Gasteiger partial charge in [0.15, 0.2) is 5.65 Å². The molecule has 0 saturated carbocycles. The fraction of sp³-hybridized carbons (Fsp3) is 0.200. The van der Waals surface area contributed by atoms with Crippen LogP contribution in [0.4, 0.5) is 11.4 Å². The SMILES string of the molecule is Cc1nc2c(Nc3ccccc3P(C)(C)=O)cc(Cl)nc2n1PI. The van der Waals surface area contributed by atoms with E-state index in [4.69, 9.17) is 11.6 Å². The number of rotatable bonds is 4. The van der Waals surface area contributed by atoms with Crippen LogP contribution < -0.4 is 10.6 Å². The number of pyridine rings is 1. The van der Waals surface area contributed by atoms with E-state index >= 15 is 0 Å². The average molecular weight is 493 g/mol. The molecule has 3 rings (SSSR count). The number of hydrogen-bond donors (Lipinski definition) is 1. The molecule has 0 amide bonds. The molecule has 9 heteroatoms. The number of hydrogen-bond acceptors (Lipinski definition) is 4. The zero-order valence-electron chi connectivity index (χ0n) is 13.3. The van der Waals surface area contributed by atoms with Crippen LogP contribution in [0.3, 0.4) is 0 Å². The maximum absolute atomic E-state index is 12.6. The van der Waals surface area contributed by atoms with E-state index in [9.17, 15) is 4.57 Å². The Morgan fingerprint density at radius 3 is 2.62 bits per heavy atom. The highest BCUT2D eigenvalue weighted by Gasteiger charge is 2.18. The minimum absolute atomic E-state index is 0.398. The van der Waals surface area contributed by atoms with E-state index in [0.29, 0.717) is 11.5 Å². The molecule has 0 spiro atoms. The van der Waals surface area contributed by atoms with Gasteiger partial charge in [-0.2, -0.15) is 0 Å². The van der Waals surface area contributed by atoms with E-state index in [-0.39, 0.29) is 0 Å². The van der Waals surface area contributed by atoms with Crippen LogP contribution in [-0.4, -0.2) is 27.6 Å². The summed E-state index contributed by atoms with van der Waals surface area (Å²) in [6.45, 7) is 5.47. The molecule has 2 heterocycles. The quantitative estimate of drug-likeness (QED) is 0.310. The van der Waals surface area contributed by atoms with Crippen molar-refractivity contribution < 1.29 is 4.57 Å². The standard InChI is InChI=1S/C15H16ClIN4OP2/c1-9-18-14-11(8-13(16)20-15(14)21(9)23-17)19-10-6-4-5-7-12(10)24(2,3)22/h4-8,23H,1-3H3,(H,19,20). The number of nitrogens with zero attached hydrogens (tertiary/aromatic N) is 3. The van der Waals surface area contributed by atoms with E-state index in [1.165, 1.54) is 0 Å². The molecule has 0 bridgehead atoms. The van der Waals surface area contributed by atoms with Crippen molar-refractivity contribution >= 4 is 75.0 Å². The second-order valence-electron chi connectivity index (χ2n) is 5.74. The molecule has 0 aliphatic carbocycles. The van der Waals surface area contributed by atoms with Crippen LogP contribution in [0.2, 0.25) is 5.15 Å². The Balaban J connectivity index is 2.17. The molecule has 0 aliphatic heterocycles. The van der Waals surface area contributed by atoms with Crippen LogP contribution >= 0.6 is 47.2 Å². The van der Waals surface area contributed by atoms with Crippen molar-refractivity contribution in [2.45, 2.75) is 6.92 Å². The Bertz CT molecular complexity index is 970. The largest absolute Gasteiger partial charge is 0.353 e. The molecule has 0 fully saturated rings. The van der Waals surface area contributed by atoms with Crippen molar-refractivity contribution in [3.05, 3.63) is 41.3 Å². The molecule has 0 aliphatic rings. The van der Waals surface area contributed by atoms with Crippen LogP contribution in [0.5, 0.6) is 0 Å². The van der Waals surface area contributed by atoms with Crippen molar-refractivity contribution in [2.75, 3.05) is 18.6 Å². The van der Waals surface area contributed by atoms with Gasteiger partial charge in [0.25, 0.3) is 0 Å². The van der Waals surface area contributed by atoms with Crippen LogP contribution in [0, 0.1) is 6.92 Å². The van der Waals surface area contributed by atoms with Gasteiger partial charge in [0.2, 0.25) is 0 Å². The maximum Gasteiger partial charge on any atom is 0.167 e. The molecule has 126 valence electrons. The van der Waals surface area contributed by atoms with Gasteiger partial charge in [0.05, 0.1) is 12.1 Å². The highest BCUT2D eigenvalue weighted by Crippen LogP contribution is 2.39. The topological polar surface area (TPSA) is 59.8 Å². The first-order valence-electron chi connectivity index (χ1n) is 7.15. The zero-order chi connectivity index (χ0) is 17.5. The summed E-state index contributed by atoms with van der Waals surface area (Å²) in [5.74, 6) is 0.889. The highest BCUT2D eigenvalue weighted by molar-refractivity contribution is 14.2. The fourth-order valence-corrected chi connectivity index (χ4v) is 6.00. The predicted molar refractivity (Wildman–Crippen MR) is 114 cm³/mol. The molecule has 1 atom stereocenters. The van der Waals surface area contributed by atoms with E-state index < -0.39 is 7.14 Å². The van der Waals surface area contributed by atoms with Crippen molar-refractivity contribution in [3.8, 4) is 0 Å². The van der Waals surface area contributed by atoms with Crippen LogP contribution in [-0.2, 0) is 4.57 Å². The van der Waals surface area contributed by atoms with Crippen molar-refractivity contribution in [1.29, 1.82) is 0 Å². The third-order valence-corrected chi connectivity index (χ3v) is 7.49. The average Bonchev–Trinajstić information content (AvgIpc) is 2.82. The monoisotopic (exact) mass is 492 g/mol. The summed E-state index contributed by atoms with van der Waals surface area (Å²) >= 11 is 8.51.